The predicted molar refractivity (Wildman–Crippen MR) is 278 cm³/mol. The van der Waals surface area contributed by atoms with Crippen LogP contribution < -0.4 is 4.90 Å². The van der Waals surface area contributed by atoms with Gasteiger partial charge in [0, 0.05) is 16.8 Å². The second-order valence-corrected chi connectivity index (χ2v) is 17.2. The Balaban J connectivity index is 1.07. The Morgan fingerprint density at radius 1 is 0.273 bits per heavy atom. The molecule has 0 spiro atoms. The summed E-state index contributed by atoms with van der Waals surface area (Å²) in [4.78, 5) is 2.50. The maximum Gasteiger partial charge on any atom is 0.0714 e. The molecule has 0 atom stereocenters. The highest BCUT2D eigenvalue weighted by molar-refractivity contribution is 6.01. The van der Waals surface area contributed by atoms with Crippen LogP contribution in [0.2, 0.25) is 0 Å². The van der Waals surface area contributed by atoms with E-state index in [1.54, 1.807) is 0 Å². The molecule has 0 saturated heterocycles. The SMILES string of the molecule is c1ccc(-c2ccc(-c3ccc(N(c4ccccc4-c4cccc(-c5cccc6ccccc56)c4)c4cccc5c4-c4ccccc4C5(c4ccccc4)c4ccccc4)cc3)cc2)cc1. The second-order valence-electron chi connectivity index (χ2n) is 17.2. The highest BCUT2D eigenvalue weighted by Gasteiger charge is 2.47. The van der Waals surface area contributed by atoms with E-state index in [4.69, 9.17) is 0 Å². The van der Waals surface area contributed by atoms with Gasteiger partial charge in [0.1, 0.15) is 0 Å². The summed E-state index contributed by atoms with van der Waals surface area (Å²) in [7, 11) is 0. The van der Waals surface area contributed by atoms with Gasteiger partial charge in [0.2, 0.25) is 0 Å². The highest BCUT2D eigenvalue weighted by Crippen LogP contribution is 2.60. The van der Waals surface area contributed by atoms with Crippen LogP contribution in [0.5, 0.6) is 0 Å². The summed E-state index contributed by atoms with van der Waals surface area (Å²) in [5.74, 6) is 0. The summed E-state index contributed by atoms with van der Waals surface area (Å²) in [5, 5.41) is 2.49. The van der Waals surface area contributed by atoms with E-state index in [1.807, 2.05) is 0 Å². The standard InChI is InChI=1S/C65H45N/c1-4-19-46(20-5-1)47-37-39-48(40-38-47)49-41-43-55(44-42-49)66(62-35-15-13-30-58(62)52-24-16-23-51(45-52)57-32-17-22-50-21-10-11-29-56(50)57)63-36-18-34-61-64(63)59-31-12-14-33-60(59)65(61,53-25-6-2-7-26-53)54-27-8-3-9-28-54/h1-45H. The molecule has 0 unspecified atom stereocenters. The van der Waals surface area contributed by atoms with E-state index in [0.29, 0.717) is 0 Å². The molecule has 0 bridgehead atoms. The van der Waals surface area contributed by atoms with Crippen LogP contribution >= 0.6 is 0 Å². The van der Waals surface area contributed by atoms with Gasteiger partial charge in [-0.2, -0.15) is 0 Å². The van der Waals surface area contributed by atoms with Crippen molar-refractivity contribution >= 4 is 27.8 Å². The maximum absolute atomic E-state index is 2.50. The zero-order valence-corrected chi connectivity index (χ0v) is 36.4. The van der Waals surface area contributed by atoms with Crippen molar-refractivity contribution in [3.63, 3.8) is 0 Å². The molecule has 1 aliphatic rings. The first-order valence-corrected chi connectivity index (χ1v) is 22.8. The molecule has 0 saturated carbocycles. The summed E-state index contributed by atoms with van der Waals surface area (Å²) in [6, 6.07) is 100. The maximum atomic E-state index is 2.50. The van der Waals surface area contributed by atoms with E-state index in [2.05, 4.69) is 278 Å². The van der Waals surface area contributed by atoms with Crippen LogP contribution in [0.15, 0.2) is 273 Å². The van der Waals surface area contributed by atoms with Crippen LogP contribution in [0, 0.1) is 0 Å². The Morgan fingerprint density at radius 2 is 0.712 bits per heavy atom. The third-order valence-electron chi connectivity index (χ3n) is 13.6. The topological polar surface area (TPSA) is 3.24 Å². The van der Waals surface area contributed by atoms with Crippen molar-refractivity contribution in [2.45, 2.75) is 5.41 Å². The van der Waals surface area contributed by atoms with Crippen LogP contribution in [0.4, 0.5) is 17.1 Å². The Morgan fingerprint density at radius 3 is 1.41 bits per heavy atom. The fourth-order valence-corrected chi connectivity index (χ4v) is 10.6. The Kier molecular flexibility index (Phi) is 9.81. The molecule has 0 aromatic heterocycles. The van der Waals surface area contributed by atoms with Gasteiger partial charge >= 0.3 is 0 Å². The lowest BCUT2D eigenvalue weighted by Crippen LogP contribution is -2.28. The van der Waals surface area contributed by atoms with Crippen molar-refractivity contribution in [1.82, 2.24) is 0 Å². The molecule has 1 aliphatic carbocycles. The minimum Gasteiger partial charge on any atom is -0.309 e. The second kappa shape index (κ2) is 16.6. The molecule has 0 radical (unpaired) electrons. The Bertz CT molecular complexity index is 3460. The number of para-hydroxylation sites is 1. The summed E-state index contributed by atoms with van der Waals surface area (Å²) >= 11 is 0. The van der Waals surface area contributed by atoms with E-state index in [1.165, 1.54) is 77.5 Å². The molecule has 66 heavy (non-hydrogen) atoms. The average Bonchev–Trinajstić information content (AvgIpc) is 3.71. The van der Waals surface area contributed by atoms with E-state index in [9.17, 15) is 0 Å². The fourth-order valence-electron chi connectivity index (χ4n) is 10.6. The molecular weight excluding hydrogens is 795 g/mol. The Hall–Kier alpha value is -8.52. The molecule has 11 aromatic rings. The lowest BCUT2D eigenvalue weighted by molar-refractivity contribution is 0.768. The van der Waals surface area contributed by atoms with E-state index >= 15 is 0 Å². The third-order valence-corrected chi connectivity index (χ3v) is 13.6. The summed E-state index contributed by atoms with van der Waals surface area (Å²) in [6.45, 7) is 0. The Labute approximate surface area is 387 Å². The van der Waals surface area contributed by atoms with Crippen molar-refractivity contribution in [1.29, 1.82) is 0 Å². The molecular formula is C65H45N. The summed E-state index contributed by atoms with van der Waals surface area (Å²) in [6.07, 6.45) is 0. The van der Waals surface area contributed by atoms with Crippen LogP contribution in [-0.4, -0.2) is 0 Å². The number of fused-ring (bicyclic) bond motifs is 4. The van der Waals surface area contributed by atoms with E-state index in [0.717, 1.165) is 28.2 Å². The molecule has 12 rings (SSSR count). The number of anilines is 3. The van der Waals surface area contributed by atoms with Gasteiger partial charge in [0.15, 0.2) is 0 Å². The summed E-state index contributed by atoms with van der Waals surface area (Å²) < 4.78 is 0. The molecule has 11 aromatic carbocycles. The zero-order valence-electron chi connectivity index (χ0n) is 36.4. The first-order chi connectivity index (χ1) is 32.8. The first-order valence-electron chi connectivity index (χ1n) is 22.8. The normalized spacial score (nSPS) is 12.4. The molecule has 1 nitrogen and oxygen atoms in total. The van der Waals surface area contributed by atoms with Gasteiger partial charge in [-0.3, -0.25) is 0 Å². The van der Waals surface area contributed by atoms with Crippen LogP contribution in [0.25, 0.3) is 66.4 Å². The van der Waals surface area contributed by atoms with E-state index < -0.39 is 5.41 Å². The van der Waals surface area contributed by atoms with Crippen molar-refractivity contribution in [2.75, 3.05) is 4.90 Å². The number of benzene rings is 11. The number of rotatable bonds is 9. The van der Waals surface area contributed by atoms with Crippen LogP contribution in [0.1, 0.15) is 22.3 Å². The smallest absolute Gasteiger partial charge is 0.0714 e. The fraction of sp³-hybridized carbons (Fsp3) is 0.0154. The molecule has 0 aliphatic heterocycles. The van der Waals surface area contributed by atoms with Gasteiger partial charge in [-0.25, -0.2) is 0 Å². The minimum absolute atomic E-state index is 0.530. The zero-order chi connectivity index (χ0) is 43.9. The van der Waals surface area contributed by atoms with Gasteiger partial charge in [-0.1, -0.05) is 243 Å². The minimum atomic E-state index is -0.530. The predicted octanol–water partition coefficient (Wildman–Crippen LogP) is 17.3. The van der Waals surface area contributed by atoms with Gasteiger partial charge in [-0.15, -0.1) is 0 Å². The monoisotopic (exact) mass is 839 g/mol. The molecule has 0 heterocycles. The van der Waals surface area contributed by atoms with Crippen molar-refractivity contribution < 1.29 is 0 Å². The van der Waals surface area contributed by atoms with Crippen molar-refractivity contribution in [2.24, 2.45) is 0 Å². The highest BCUT2D eigenvalue weighted by atomic mass is 15.1. The number of nitrogens with zero attached hydrogens (tertiary/aromatic N) is 1. The van der Waals surface area contributed by atoms with Crippen molar-refractivity contribution in [3.05, 3.63) is 295 Å². The quantitative estimate of drug-likeness (QED) is 0.140. The number of hydrogen-bond acceptors (Lipinski definition) is 1. The van der Waals surface area contributed by atoms with Crippen LogP contribution in [-0.2, 0) is 5.41 Å². The lowest BCUT2D eigenvalue weighted by Gasteiger charge is -2.34. The summed E-state index contributed by atoms with van der Waals surface area (Å²) in [5.41, 5.74) is 19.9. The third kappa shape index (κ3) is 6.56. The largest absolute Gasteiger partial charge is 0.309 e. The molecule has 310 valence electrons. The van der Waals surface area contributed by atoms with Gasteiger partial charge in [-0.05, 0) is 108 Å². The molecule has 1 heteroatoms. The van der Waals surface area contributed by atoms with E-state index in [-0.39, 0.29) is 0 Å². The van der Waals surface area contributed by atoms with Gasteiger partial charge < -0.3 is 4.90 Å². The molecule has 0 fully saturated rings. The van der Waals surface area contributed by atoms with Crippen LogP contribution in [0.3, 0.4) is 0 Å². The average molecular weight is 840 g/mol. The van der Waals surface area contributed by atoms with Crippen molar-refractivity contribution in [3.8, 4) is 55.6 Å². The van der Waals surface area contributed by atoms with Gasteiger partial charge in [0.25, 0.3) is 0 Å². The first kappa shape index (κ1) is 39.1. The number of hydrogen-bond donors (Lipinski definition) is 0. The lowest BCUT2D eigenvalue weighted by atomic mass is 9.68. The van der Waals surface area contributed by atoms with Gasteiger partial charge in [0.05, 0.1) is 16.8 Å². The molecule has 0 amide bonds. The molecule has 0 N–H and O–H groups in total.